The minimum absolute atomic E-state index is 0.201. The Hall–Kier alpha value is -3.35. The number of carbonyl (C=O) groups excluding carboxylic acids is 1. The number of fused-ring (bicyclic) bond motifs is 1. The summed E-state index contributed by atoms with van der Waals surface area (Å²) in [4.78, 5) is 15.7. The molecule has 0 saturated carbocycles. The largest absolute Gasteiger partial charge is 0.497 e. The lowest BCUT2D eigenvalue weighted by atomic mass is 10.1. The van der Waals surface area contributed by atoms with Gasteiger partial charge in [-0.3, -0.25) is 4.79 Å². The molecular weight excluding hydrogens is 360 g/mol. The Labute approximate surface area is 163 Å². The van der Waals surface area contributed by atoms with Crippen LogP contribution in [0.25, 0.3) is 10.9 Å². The van der Waals surface area contributed by atoms with Crippen molar-refractivity contribution in [3.8, 4) is 23.0 Å². The van der Waals surface area contributed by atoms with E-state index in [2.05, 4.69) is 10.3 Å². The summed E-state index contributed by atoms with van der Waals surface area (Å²) in [7, 11) is 6.31. The minimum Gasteiger partial charge on any atom is -0.497 e. The molecule has 3 aromatic rings. The highest BCUT2D eigenvalue weighted by Crippen LogP contribution is 2.41. The van der Waals surface area contributed by atoms with Crippen molar-refractivity contribution < 1.29 is 23.7 Å². The summed E-state index contributed by atoms with van der Waals surface area (Å²) in [5, 5.41) is 3.68. The number of H-pyrrole nitrogens is 1. The Morgan fingerprint density at radius 3 is 2.25 bits per heavy atom. The maximum atomic E-state index is 12.6. The second-order valence-electron chi connectivity index (χ2n) is 6.14. The van der Waals surface area contributed by atoms with Crippen LogP contribution in [-0.2, 0) is 6.42 Å². The van der Waals surface area contributed by atoms with Crippen LogP contribution in [0.5, 0.6) is 23.0 Å². The van der Waals surface area contributed by atoms with Gasteiger partial charge < -0.3 is 29.2 Å². The number of amides is 1. The number of carbonyl (C=O) groups is 1. The summed E-state index contributed by atoms with van der Waals surface area (Å²) >= 11 is 0. The smallest absolute Gasteiger partial charge is 0.267 e. The molecule has 1 amide bonds. The molecule has 2 N–H and O–H groups in total. The van der Waals surface area contributed by atoms with E-state index >= 15 is 0 Å². The molecule has 0 bridgehead atoms. The van der Waals surface area contributed by atoms with Gasteiger partial charge in [0, 0.05) is 18.0 Å². The summed E-state index contributed by atoms with van der Waals surface area (Å²) < 4.78 is 21.4. The van der Waals surface area contributed by atoms with Gasteiger partial charge in [0.15, 0.2) is 11.5 Å². The van der Waals surface area contributed by atoms with Crippen molar-refractivity contribution in [2.24, 2.45) is 0 Å². The van der Waals surface area contributed by atoms with Crippen LogP contribution in [0.3, 0.4) is 0 Å². The van der Waals surface area contributed by atoms with Crippen LogP contribution in [0, 0.1) is 0 Å². The van der Waals surface area contributed by atoms with Gasteiger partial charge in [-0.25, -0.2) is 0 Å². The molecule has 3 rings (SSSR count). The van der Waals surface area contributed by atoms with Crippen LogP contribution < -0.4 is 24.3 Å². The third-order valence-corrected chi connectivity index (χ3v) is 4.54. The van der Waals surface area contributed by atoms with E-state index in [9.17, 15) is 4.79 Å². The first kappa shape index (κ1) is 19.4. The zero-order valence-corrected chi connectivity index (χ0v) is 16.4. The molecule has 0 saturated heterocycles. The van der Waals surface area contributed by atoms with Crippen molar-refractivity contribution in [2.45, 2.75) is 6.42 Å². The number of rotatable bonds is 8. The summed E-state index contributed by atoms with van der Waals surface area (Å²) in [6.07, 6.45) is 0.719. The van der Waals surface area contributed by atoms with Gasteiger partial charge in [0.2, 0.25) is 0 Å². The Kier molecular flexibility index (Phi) is 5.93. The molecule has 148 valence electrons. The highest BCUT2D eigenvalue weighted by atomic mass is 16.5. The number of hydrogen-bond donors (Lipinski definition) is 2. The molecular formula is C21H24N2O5. The van der Waals surface area contributed by atoms with Gasteiger partial charge >= 0.3 is 0 Å². The van der Waals surface area contributed by atoms with E-state index in [1.165, 1.54) is 0 Å². The summed E-state index contributed by atoms with van der Waals surface area (Å²) in [6, 6.07) is 11.3. The Bertz CT molecular complexity index is 963. The molecule has 7 heteroatoms. The van der Waals surface area contributed by atoms with Crippen LogP contribution >= 0.6 is 0 Å². The third kappa shape index (κ3) is 3.83. The van der Waals surface area contributed by atoms with Gasteiger partial charge in [0.05, 0.1) is 34.0 Å². The fourth-order valence-corrected chi connectivity index (χ4v) is 3.07. The molecule has 0 aliphatic rings. The zero-order chi connectivity index (χ0) is 20.1. The predicted octanol–water partition coefficient (Wildman–Crippen LogP) is 3.17. The average Bonchev–Trinajstić information content (AvgIpc) is 3.18. The summed E-state index contributed by atoms with van der Waals surface area (Å²) in [6.45, 7) is 0.512. The molecule has 0 fully saturated rings. The lowest BCUT2D eigenvalue weighted by molar-refractivity contribution is 0.0950. The van der Waals surface area contributed by atoms with Gasteiger partial charge in [0.25, 0.3) is 5.91 Å². The van der Waals surface area contributed by atoms with E-state index in [0.29, 0.717) is 35.0 Å². The lowest BCUT2D eigenvalue weighted by Gasteiger charge is -2.11. The number of hydrogen-bond acceptors (Lipinski definition) is 5. The summed E-state index contributed by atoms with van der Waals surface area (Å²) in [5.74, 6) is 2.26. The van der Waals surface area contributed by atoms with Crippen LogP contribution in [0.15, 0.2) is 36.4 Å². The minimum atomic E-state index is -0.201. The van der Waals surface area contributed by atoms with Crippen molar-refractivity contribution in [3.05, 3.63) is 47.7 Å². The quantitative estimate of drug-likeness (QED) is 0.623. The number of benzene rings is 2. The first-order valence-corrected chi connectivity index (χ1v) is 8.84. The molecule has 0 atom stereocenters. The summed E-state index contributed by atoms with van der Waals surface area (Å²) in [5.41, 5.74) is 2.19. The van der Waals surface area contributed by atoms with Gasteiger partial charge in [-0.2, -0.15) is 0 Å². The second-order valence-corrected chi connectivity index (χ2v) is 6.14. The van der Waals surface area contributed by atoms with E-state index in [-0.39, 0.29) is 5.91 Å². The monoisotopic (exact) mass is 384 g/mol. The van der Waals surface area contributed by atoms with E-state index in [1.54, 1.807) is 40.6 Å². The molecule has 1 heterocycles. The number of nitrogens with one attached hydrogen (secondary N) is 2. The van der Waals surface area contributed by atoms with E-state index in [1.807, 2.05) is 24.3 Å². The highest BCUT2D eigenvalue weighted by Gasteiger charge is 2.19. The maximum absolute atomic E-state index is 12.6. The Morgan fingerprint density at radius 1 is 0.929 bits per heavy atom. The van der Waals surface area contributed by atoms with Gasteiger partial charge in [-0.15, -0.1) is 0 Å². The highest BCUT2D eigenvalue weighted by molar-refractivity contribution is 6.02. The first-order valence-electron chi connectivity index (χ1n) is 8.84. The molecule has 7 nitrogen and oxygen atoms in total. The molecule has 0 aliphatic heterocycles. The number of ether oxygens (including phenoxy) is 4. The molecule has 0 unspecified atom stereocenters. The van der Waals surface area contributed by atoms with E-state index < -0.39 is 0 Å². The third-order valence-electron chi connectivity index (χ3n) is 4.54. The Balaban J connectivity index is 1.76. The zero-order valence-electron chi connectivity index (χ0n) is 16.4. The molecule has 2 aromatic carbocycles. The van der Waals surface area contributed by atoms with Crippen LogP contribution in [0.1, 0.15) is 16.1 Å². The van der Waals surface area contributed by atoms with Crippen LogP contribution in [-0.4, -0.2) is 45.9 Å². The Morgan fingerprint density at radius 2 is 1.64 bits per heavy atom. The first-order chi connectivity index (χ1) is 13.6. The molecule has 0 radical (unpaired) electrons. The van der Waals surface area contributed by atoms with Gasteiger partial charge in [-0.1, -0.05) is 12.1 Å². The molecule has 1 aromatic heterocycles. The molecule has 28 heavy (non-hydrogen) atoms. The number of methoxy groups -OCH3 is 4. The van der Waals surface area contributed by atoms with Crippen molar-refractivity contribution in [1.82, 2.24) is 10.3 Å². The molecule has 0 spiro atoms. The van der Waals surface area contributed by atoms with Crippen LogP contribution in [0.4, 0.5) is 0 Å². The number of aromatic nitrogens is 1. The van der Waals surface area contributed by atoms with Crippen molar-refractivity contribution in [1.29, 1.82) is 0 Å². The van der Waals surface area contributed by atoms with Crippen molar-refractivity contribution in [3.63, 3.8) is 0 Å². The van der Waals surface area contributed by atoms with Crippen molar-refractivity contribution >= 4 is 16.8 Å². The van der Waals surface area contributed by atoms with Crippen molar-refractivity contribution in [2.75, 3.05) is 35.0 Å². The average molecular weight is 384 g/mol. The SMILES string of the molecule is COc1ccc(CCNC(=O)c2cc3c(OC)cc(OC)c(OC)c3[nH]2)cc1. The lowest BCUT2D eigenvalue weighted by Crippen LogP contribution is -2.25. The van der Waals surface area contributed by atoms with Crippen LogP contribution in [0.2, 0.25) is 0 Å². The second kappa shape index (κ2) is 8.56. The normalized spacial score (nSPS) is 10.6. The topological polar surface area (TPSA) is 81.8 Å². The predicted molar refractivity (Wildman–Crippen MR) is 107 cm³/mol. The standard InChI is InChI=1S/C21H24N2O5/c1-25-14-7-5-13(6-8-14)9-10-22-21(24)16-11-15-17(26-2)12-18(27-3)20(28-4)19(15)23-16/h5-8,11-12,23H,9-10H2,1-4H3,(H,22,24). The van der Waals surface area contributed by atoms with E-state index in [0.717, 1.165) is 23.1 Å². The number of aromatic amines is 1. The fraction of sp³-hybridized carbons (Fsp3) is 0.286. The van der Waals surface area contributed by atoms with Gasteiger partial charge in [0.1, 0.15) is 17.2 Å². The fourth-order valence-electron chi connectivity index (χ4n) is 3.07. The van der Waals surface area contributed by atoms with Gasteiger partial charge in [-0.05, 0) is 30.2 Å². The van der Waals surface area contributed by atoms with E-state index in [4.69, 9.17) is 18.9 Å². The maximum Gasteiger partial charge on any atom is 0.267 e. The molecule has 0 aliphatic carbocycles.